The molecule has 4 heterocycles. The van der Waals surface area contributed by atoms with E-state index in [1.807, 2.05) is 48.8 Å². The van der Waals surface area contributed by atoms with Crippen LogP contribution in [0.1, 0.15) is 70.7 Å². The van der Waals surface area contributed by atoms with Gasteiger partial charge in [0.2, 0.25) is 0 Å². The van der Waals surface area contributed by atoms with E-state index in [0.717, 1.165) is 52.4 Å². The zero-order valence-electron chi connectivity index (χ0n) is 29.8. The van der Waals surface area contributed by atoms with Crippen LogP contribution in [0.15, 0.2) is 119 Å². The molecule has 3 aromatic carbocycles. The van der Waals surface area contributed by atoms with Gasteiger partial charge < -0.3 is 14.1 Å². The number of allylic oxidation sites excluding steroid dienone is 2. The molecule has 0 saturated carbocycles. The standard InChI is InChI=1S/C26H26NO2.C18H17NO.Pt/c1-25(2,3)17-8-10-23-20(14-17)24(28)19-13-16(7-9-22(19)29-23)21-15-18(11-12-27-21)26(4,5)6;1-3-13-9-10-19-17(11-13)14-6-8-18-15(12-14)5-7-16(4-2)20-18;/h8-15H,1-6H3;4,6-12H,2-3,5H2,1H3;/q-1;;. The first-order valence-corrected chi connectivity index (χ1v) is 16.8. The summed E-state index contributed by atoms with van der Waals surface area (Å²) in [6.45, 7) is 18.8. The molecule has 0 amide bonds. The zero-order valence-corrected chi connectivity index (χ0v) is 32.1. The number of ether oxygens (including phenoxy) is 1. The summed E-state index contributed by atoms with van der Waals surface area (Å²) in [5, 5.41) is 1.17. The van der Waals surface area contributed by atoms with E-state index in [4.69, 9.17) is 9.15 Å². The van der Waals surface area contributed by atoms with Crippen LogP contribution in [-0.2, 0) is 44.7 Å². The van der Waals surface area contributed by atoms with Crippen molar-refractivity contribution in [3.8, 4) is 28.3 Å². The van der Waals surface area contributed by atoms with Gasteiger partial charge in [-0.15, -0.1) is 23.8 Å². The number of hydrogen-bond acceptors (Lipinski definition) is 5. The van der Waals surface area contributed by atoms with Crippen molar-refractivity contribution in [1.82, 2.24) is 9.97 Å². The number of hydrogen-bond donors (Lipinski definition) is 0. The van der Waals surface area contributed by atoms with Gasteiger partial charge in [0, 0.05) is 39.0 Å². The van der Waals surface area contributed by atoms with Gasteiger partial charge in [-0.3, -0.25) is 9.78 Å². The molecule has 0 N–H and O–H groups in total. The SMILES string of the molecule is C=CC1=CCc2cc(-c3cc(CC)ccn3)ccc2O1.CC(C)(C)c1ccnc(-c2[c-]cc3oc4ccc(C(C)(C)C)cc4c(=O)c3c2)c1.[Pt]. The van der Waals surface area contributed by atoms with Crippen LogP contribution < -0.4 is 10.2 Å². The smallest absolute Gasteiger partial charge is 0.182 e. The minimum atomic E-state index is -0.0392. The van der Waals surface area contributed by atoms with Crippen molar-refractivity contribution in [1.29, 1.82) is 0 Å². The first kappa shape index (κ1) is 36.7. The van der Waals surface area contributed by atoms with Crippen LogP contribution in [0.25, 0.3) is 44.5 Å². The predicted octanol–water partition coefficient (Wildman–Crippen LogP) is 10.7. The molecule has 258 valence electrons. The Morgan fingerprint density at radius 3 is 2.24 bits per heavy atom. The number of nitrogens with zero attached hydrogens (tertiary/aromatic N) is 2. The van der Waals surface area contributed by atoms with Gasteiger partial charge in [0.25, 0.3) is 0 Å². The number of benzene rings is 3. The first-order chi connectivity index (χ1) is 23.3. The average molecular weight is 843 g/mol. The minimum absolute atomic E-state index is 0. The Hall–Kier alpha value is -4.60. The van der Waals surface area contributed by atoms with E-state index < -0.39 is 0 Å². The third-order valence-electron chi connectivity index (χ3n) is 8.91. The van der Waals surface area contributed by atoms with Crippen LogP contribution in [0.5, 0.6) is 5.75 Å². The Morgan fingerprint density at radius 1 is 0.820 bits per heavy atom. The maximum absolute atomic E-state index is 13.3. The van der Waals surface area contributed by atoms with Gasteiger partial charge >= 0.3 is 0 Å². The Labute approximate surface area is 309 Å². The number of aromatic nitrogens is 2. The molecule has 0 aliphatic carbocycles. The number of fused-ring (bicyclic) bond motifs is 3. The third-order valence-corrected chi connectivity index (χ3v) is 8.91. The van der Waals surface area contributed by atoms with E-state index in [9.17, 15) is 4.79 Å². The number of aryl methyl sites for hydroxylation is 1. The second-order valence-electron chi connectivity index (χ2n) is 14.5. The Morgan fingerprint density at radius 2 is 1.52 bits per heavy atom. The van der Waals surface area contributed by atoms with E-state index in [2.05, 4.69) is 107 Å². The molecular formula is C44H43N2O3Pt-. The van der Waals surface area contributed by atoms with Crippen molar-refractivity contribution in [3.05, 3.63) is 148 Å². The summed E-state index contributed by atoms with van der Waals surface area (Å²) in [5.74, 6) is 1.74. The zero-order chi connectivity index (χ0) is 34.9. The van der Waals surface area contributed by atoms with Crippen molar-refractivity contribution in [2.75, 3.05) is 0 Å². The molecule has 0 bridgehead atoms. The number of rotatable bonds is 4. The van der Waals surface area contributed by atoms with Gasteiger partial charge in [-0.2, -0.15) is 0 Å². The molecule has 6 heteroatoms. The fourth-order valence-corrected chi connectivity index (χ4v) is 5.81. The summed E-state index contributed by atoms with van der Waals surface area (Å²) < 4.78 is 11.8. The van der Waals surface area contributed by atoms with Crippen LogP contribution in [-0.4, -0.2) is 9.97 Å². The minimum Gasteiger partial charge on any atom is -0.500 e. The molecule has 0 spiro atoms. The van der Waals surface area contributed by atoms with Crippen LogP contribution in [0.4, 0.5) is 0 Å². The molecule has 1 aliphatic heterocycles. The fraction of sp³-hybridized carbons (Fsp3) is 0.250. The summed E-state index contributed by atoms with van der Waals surface area (Å²) in [6.07, 6.45) is 9.37. The van der Waals surface area contributed by atoms with Crippen molar-refractivity contribution < 1.29 is 30.2 Å². The van der Waals surface area contributed by atoms with Crippen LogP contribution in [0.2, 0.25) is 0 Å². The normalized spacial score (nSPS) is 12.6. The molecule has 0 atom stereocenters. The molecule has 0 fully saturated rings. The third kappa shape index (κ3) is 7.90. The molecule has 6 aromatic rings. The quantitative estimate of drug-likeness (QED) is 0.131. The largest absolute Gasteiger partial charge is 0.500 e. The van der Waals surface area contributed by atoms with Gasteiger partial charge in [-0.1, -0.05) is 67.2 Å². The molecule has 3 aromatic heterocycles. The van der Waals surface area contributed by atoms with E-state index >= 15 is 0 Å². The van der Waals surface area contributed by atoms with Crippen molar-refractivity contribution in [3.63, 3.8) is 0 Å². The summed E-state index contributed by atoms with van der Waals surface area (Å²) in [4.78, 5) is 22.3. The van der Waals surface area contributed by atoms with Crippen molar-refractivity contribution in [2.24, 2.45) is 0 Å². The van der Waals surface area contributed by atoms with Gasteiger partial charge in [-0.05, 0) is 118 Å². The van der Waals surface area contributed by atoms with Crippen LogP contribution in [0.3, 0.4) is 0 Å². The van der Waals surface area contributed by atoms with Crippen molar-refractivity contribution >= 4 is 21.9 Å². The maximum atomic E-state index is 13.3. The summed E-state index contributed by atoms with van der Waals surface area (Å²) in [6, 6.07) is 27.2. The summed E-state index contributed by atoms with van der Waals surface area (Å²) in [7, 11) is 0. The summed E-state index contributed by atoms with van der Waals surface area (Å²) in [5.41, 5.74) is 9.66. The topological polar surface area (TPSA) is 65.2 Å². The molecule has 50 heavy (non-hydrogen) atoms. The van der Waals surface area contributed by atoms with E-state index in [-0.39, 0.29) is 37.3 Å². The summed E-state index contributed by atoms with van der Waals surface area (Å²) >= 11 is 0. The van der Waals surface area contributed by atoms with E-state index in [1.54, 1.807) is 12.1 Å². The van der Waals surface area contributed by atoms with Gasteiger partial charge in [0.1, 0.15) is 17.1 Å². The molecule has 1 aliphatic rings. The first-order valence-electron chi connectivity index (χ1n) is 16.8. The molecule has 0 saturated heterocycles. The van der Waals surface area contributed by atoms with Crippen LogP contribution in [0, 0.1) is 6.07 Å². The number of pyridine rings is 2. The predicted molar refractivity (Wildman–Crippen MR) is 201 cm³/mol. The van der Waals surface area contributed by atoms with Gasteiger partial charge in [0.05, 0.1) is 16.7 Å². The molecule has 5 nitrogen and oxygen atoms in total. The Bertz CT molecular complexity index is 2290. The molecular weight excluding hydrogens is 800 g/mol. The van der Waals surface area contributed by atoms with Crippen molar-refractivity contribution in [2.45, 2.75) is 72.1 Å². The Balaban J connectivity index is 0.000000203. The second kappa shape index (κ2) is 14.7. The van der Waals surface area contributed by atoms with Gasteiger partial charge in [0.15, 0.2) is 5.43 Å². The van der Waals surface area contributed by atoms with Crippen LogP contribution >= 0.6 is 0 Å². The van der Waals surface area contributed by atoms with E-state index in [0.29, 0.717) is 21.9 Å². The fourth-order valence-electron chi connectivity index (χ4n) is 5.81. The molecule has 0 unspecified atom stereocenters. The average Bonchev–Trinajstić information content (AvgIpc) is 3.10. The molecule has 0 radical (unpaired) electrons. The van der Waals surface area contributed by atoms with Gasteiger partial charge in [-0.25, -0.2) is 0 Å². The Kier molecular flexibility index (Phi) is 10.8. The monoisotopic (exact) mass is 842 g/mol. The maximum Gasteiger partial charge on any atom is 0.182 e. The second-order valence-corrected chi connectivity index (χ2v) is 14.5. The van der Waals surface area contributed by atoms with E-state index in [1.165, 1.54) is 16.7 Å². The molecule has 7 rings (SSSR count).